The van der Waals surface area contributed by atoms with Gasteiger partial charge in [-0.3, -0.25) is 9.59 Å². The number of piperidine rings is 2. The van der Waals surface area contributed by atoms with Crippen LogP contribution < -0.4 is 40.7 Å². The fourth-order valence-corrected chi connectivity index (χ4v) is 10.4. The second-order valence-corrected chi connectivity index (χ2v) is 19.9. The Hall–Kier alpha value is -7.24. The van der Waals surface area contributed by atoms with Gasteiger partial charge >= 0.3 is 11.9 Å². The van der Waals surface area contributed by atoms with Crippen molar-refractivity contribution in [2.45, 2.75) is 84.7 Å². The minimum absolute atomic E-state index is 0.0624. The highest BCUT2D eigenvalue weighted by atomic mass is 16.6. The number of hydrogen-bond acceptors (Lipinski definition) is 13. The molecular weight excluding hydrogens is 965 g/mol. The first-order chi connectivity index (χ1) is 37.0. The molecule has 16 heteroatoms. The summed E-state index contributed by atoms with van der Waals surface area (Å²) >= 11 is 0. The van der Waals surface area contributed by atoms with Crippen molar-refractivity contribution < 1.29 is 38.4 Å². The molecule has 10 rings (SSSR count). The highest BCUT2D eigenvalue weighted by Gasteiger charge is 2.22. The number of aryl methyl sites for hydroxylation is 2. The van der Waals surface area contributed by atoms with Crippen LogP contribution in [0.3, 0.4) is 0 Å². The number of nitrogens with one attached hydrogen (secondary N) is 2. The van der Waals surface area contributed by atoms with E-state index in [0.29, 0.717) is 63.8 Å². The molecular formula is C60H70N6O10. The summed E-state index contributed by atoms with van der Waals surface area (Å²) in [6.07, 6.45) is 9.86. The van der Waals surface area contributed by atoms with E-state index in [1.165, 1.54) is 29.3 Å². The summed E-state index contributed by atoms with van der Waals surface area (Å²) in [5.74, 6) is 1.85. The normalized spacial score (nSPS) is 16.3. The Kier molecular flexibility index (Phi) is 18.0. The number of esters is 1. The minimum atomic E-state index is -1.03. The van der Waals surface area contributed by atoms with E-state index >= 15 is 0 Å². The molecule has 0 atom stereocenters. The Morgan fingerprint density at radius 2 is 1.01 bits per heavy atom. The van der Waals surface area contributed by atoms with Gasteiger partial charge in [0.25, 0.3) is 11.1 Å². The number of aromatic nitrogens is 2. The van der Waals surface area contributed by atoms with Crippen LogP contribution in [0, 0.1) is 13.8 Å². The Morgan fingerprint density at radius 1 is 0.579 bits per heavy atom. The number of likely N-dealkylation sites (tertiary alicyclic amines) is 2. The standard InChI is InChI=1S/C31H37N3O5.C29H33N3O5/c1-3-37-31(36)9-6-24-20-30(35)34(27-18-22(2)4-7-26(24)27)15-14-33-12-10-25(11-13-33)32-21-23-5-8-28-29(19-23)39-17-16-38-28;1-20-2-5-24-22(4-7-29(34)35)18-28(33)32(25(24)16-20)13-12-31-10-8-23(9-11-31)30-19-21-3-6-26-27(17-21)37-15-14-36-26/h4-9,18-20,25,32H,3,10-17,21H2,1-2H3;2-7,16-18,23,30H,8-15,19H2,1H3,(H,34,35)/b9-6+;7-4+. The van der Waals surface area contributed by atoms with E-state index in [2.05, 4.69) is 44.7 Å². The number of rotatable bonds is 17. The van der Waals surface area contributed by atoms with E-state index in [0.717, 1.165) is 146 Å². The number of carboxylic acids is 1. The fraction of sp³-hybridized carbons (Fsp3) is 0.400. The highest BCUT2D eigenvalue weighted by molar-refractivity contribution is 5.94. The molecule has 0 aliphatic carbocycles. The van der Waals surface area contributed by atoms with Crippen LogP contribution in [-0.2, 0) is 40.5 Å². The molecule has 0 radical (unpaired) electrons. The van der Waals surface area contributed by atoms with Crippen molar-refractivity contribution in [2.24, 2.45) is 0 Å². The molecule has 0 bridgehead atoms. The molecule has 16 nitrogen and oxygen atoms in total. The van der Waals surface area contributed by atoms with Crippen LogP contribution in [0.15, 0.2) is 107 Å². The maximum absolute atomic E-state index is 13.1. The lowest BCUT2D eigenvalue weighted by Crippen LogP contribution is -2.43. The highest BCUT2D eigenvalue weighted by Crippen LogP contribution is 2.32. The molecule has 2 fully saturated rings. The van der Waals surface area contributed by atoms with Gasteiger partial charge in [-0.1, -0.05) is 36.4 Å². The number of ether oxygens (including phenoxy) is 5. The summed E-state index contributed by atoms with van der Waals surface area (Å²) in [5.41, 5.74) is 7.45. The Morgan fingerprint density at radius 3 is 1.45 bits per heavy atom. The smallest absolute Gasteiger partial charge is 0.330 e. The summed E-state index contributed by atoms with van der Waals surface area (Å²) < 4.78 is 31.3. The molecule has 0 spiro atoms. The van der Waals surface area contributed by atoms with Crippen molar-refractivity contribution in [1.82, 2.24) is 29.6 Å². The largest absolute Gasteiger partial charge is 0.486 e. The third kappa shape index (κ3) is 14.0. The molecule has 76 heavy (non-hydrogen) atoms. The molecule has 0 saturated carbocycles. The van der Waals surface area contributed by atoms with Gasteiger partial charge in [0.15, 0.2) is 23.0 Å². The minimum Gasteiger partial charge on any atom is -0.486 e. The Balaban J connectivity index is 0.000000186. The second kappa shape index (κ2) is 25.5. The van der Waals surface area contributed by atoms with Crippen LogP contribution in [0.5, 0.6) is 23.0 Å². The van der Waals surface area contributed by atoms with Crippen molar-refractivity contribution in [2.75, 3.05) is 72.3 Å². The van der Waals surface area contributed by atoms with E-state index < -0.39 is 11.9 Å². The number of nitrogens with zero attached hydrogens (tertiary/aromatic N) is 4. The lowest BCUT2D eigenvalue weighted by Gasteiger charge is -2.32. The molecule has 6 heterocycles. The average molecular weight is 1040 g/mol. The molecule has 4 aliphatic heterocycles. The number of hydrogen-bond donors (Lipinski definition) is 3. The molecule has 2 saturated heterocycles. The van der Waals surface area contributed by atoms with E-state index in [9.17, 15) is 19.2 Å². The summed E-state index contributed by atoms with van der Waals surface area (Å²) in [6, 6.07) is 28.4. The van der Waals surface area contributed by atoms with Gasteiger partial charge in [0.05, 0.1) is 17.6 Å². The molecule has 0 unspecified atom stereocenters. The van der Waals surface area contributed by atoms with E-state index in [-0.39, 0.29) is 11.1 Å². The zero-order chi connectivity index (χ0) is 53.0. The van der Waals surface area contributed by atoms with Crippen LogP contribution in [0.2, 0.25) is 0 Å². The molecule has 6 aromatic rings. The molecule has 2 aromatic heterocycles. The Bertz CT molecular complexity index is 3200. The SMILES string of the molecule is CCOC(=O)/C=C/c1cc(=O)n(CCN2CCC(NCc3ccc4c(c3)OCCO4)CC2)c2cc(C)ccc12.Cc1ccc2c(/C=C/C(=O)O)cc(=O)n(CCN3CCC(NCc4ccc5c(c4)OCCO5)CC3)c2c1. The van der Waals surface area contributed by atoms with Gasteiger partial charge in [-0.2, -0.15) is 0 Å². The molecule has 4 aromatic carbocycles. The summed E-state index contributed by atoms with van der Waals surface area (Å²) in [7, 11) is 0. The summed E-state index contributed by atoms with van der Waals surface area (Å²) in [4.78, 5) is 53.8. The zero-order valence-corrected chi connectivity index (χ0v) is 43.9. The fourth-order valence-electron chi connectivity index (χ4n) is 10.4. The zero-order valence-electron chi connectivity index (χ0n) is 43.9. The first kappa shape index (κ1) is 53.6. The number of carboxylic acid groups (broad SMARTS) is 1. The van der Waals surface area contributed by atoms with Crippen molar-refractivity contribution in [3.63, 3.8) is 0 Å². The van der Waals surface area contributed by atoms with E-state index in [4.69, 9.17) is 28.8 Å². The van der Waals surface area contributed by atoms with Gasteiger partial charge in [-0.05, 0) is 155 Å². The molecule has 400 valence electrons. The number of benzene rings is 4. The first-order valence-electron chi connectivity index (χ1n) is 26.7. The van der Waals surface area contributed by atoms with Gasteiger partial charge in [0, 0.05) is 86.4 Å². The van der Waals surface area contributed by atoms with Crippen molar-refractivity contribution >= 4 is 45.9 Å². The van der Waals surface area contributed by atoms with Crippen LogP contribution in [0.1, 0.15) is 66.0 Å². The third-order valence-corrected chi connectivity index (χ3v) is 14.5. The van der Waals surface area contributed by atoms with Gasteiger partial charge in [0.2, 0.25) is 0 Å². The Labute approximate surface area is 443 Å². The molecule has 4 aliphatic rings. The van der Waals surface area contributed by atoms with Gasteiger partial charge in [-0.25, -0.2) is 9.59 Å². The molecule has 3 N–H and O–H groups in total. The lowest BCUT2D eigenvalue weighted by molar-refractivity contribution is -0.137. The van der Waals surface area contributed by atoms with E-state index in [1.54, 1.807) is 19.1 Å². The van der Waals surface area contributed by atoms with Crippen molar-refractivity contribution in [1.29, 1.82) is 0 Å². The molecule has 0 amide bonds. The van der Waals surface area contributed by atoms with Crippen molar-refractivity contribution in [3.8, 4) is 23.0 Å². The van der Waals surface area contributed by atoms with Gasteiger partial charge in [-0.15, -0.1) is 0 Å². The topological polar surface area (TPSA) is 175 Å². The quantitative estimate of drug-likeness (QED) is 0.0611. The van der Waals surface area contributed by atoms with Crippen LogP contribution >= 0.6 is 0 Å². The number of fused-ring (bicyclic) bond motifs is 4. The summed E-state index contributed by atoms with van der Waals surface area (Å²) in [6.45, 7) is 16.9. The third-order valence-electron chi connectivity index (χ3n) is 14.5. The van der Waals surface area contributed by atoms with Crippen molar-refractivity contribution in [3.05, 3.63) is 151 Å². The van der Waals surface area contributed by atoms with Gasteiger partial charge in [0.1, 0.15) is 26.4 Å². The predicted molar refractivity (Wildman–Crippen MR) is 296 cm³/mol. The van der Waals surface area contributed by atoms with E-state index in [1.807, 2.05) is 71.5 Å². The van der Waals surface area contributed by atoms with Gasteiger partial charge < -0.3 is 58.4 Å². The number of carbonyl (C=O) groups excluding carboxylic acids is 1. The maximum atomic E-state index is 13.1. The monoisotopic (exact) mass is 1030 g/mol. The number of carbonyl (C=O) groups is 2. The lowest BCUT2D eigenvalue weighted by atomic mass is 10.0. The van der Waals surface area contributed by atoms with Crippen LogP contribution in [-0.4, -0.2) is 120 Å². The first-order valence-corrected chi connectivity index (χ1v) is 26.7. The summed E-state index contributed by atoms with van der Waals surface area (Å²) in [5, 5.41) is 18.2. The number of aliphatic carboxylic acids is 1. The predicted octanol–water partition coefficient (Wildman–Crippen LogP) is 7.34. The number of pyridine rings is 2. The average Bonchev–Trinajstić information content (AvgIpc) is 3.43. The maximum Gasteiger partial charge on any atom is 0.330 e. The van der Waals surface area contributed by atoms with Crippen LogP contribution in [0.25, 0.3) is 34.0 Å². The van der Waals surface area contributed by atoms with Crippen LogP contribution in [0.4, 0.5) is 0 Å². The second-order valence-electron chi connectivity index (χ2n) is 19.9.